The Morgan fingerprint density at radius 1 is 1.14 bits per heavy atom. The Morgan fingerprint density at radius 2 is 2.00 bits per heavy atom. The minimum atomic E-state index is -0.536. The van der Waals surface area contributed by atoms with Gasteiger partial charge in [-0.2, -0.15) is 5.10 Å². The molecule has 0 amide bonds. The number of aromatic nitrogens is 5. The molecule has 11 heteroatoms. The lowest BCUT2D eigenvalue weighted by molar-refractivity contribution is -0.0176. The van der Waals surface area contributed by atoms with Crippen LogP contribution < -0.4 is 10.5 Å². The predicted octanol–water partition coefficient (Wildman–Crippen LogP) is 4.08. The first-order chi connectivity index (χ1) is 17.9. The quantitative estimate of drug-likeness (QED) is 0.399. The molecule has 3 aromatic heterocycles. The second-order valence-corrected chi connectivity index (χ2v) is 10.4. The summed E-state index contributed by atoms with van der Waals surface area (Å²) in [6, 6.07) is 4.89. The van der Waals surface area contributed by atoms with Gasteiger partial charge in [0.25, 0.3) is 5.56 Å². The van der Waals surface area contributed by atoms with Crippen molar-refractivity contribution >= 4 is 23.1 Å². The summed E-state index contributed by atoms with van der Waals surface area (Å²) < 4.78 is 30.3. The van der Waals surface area contributed by atoms with Crippen LogP contribution in [0, 0.1) is 5.82 Å². The second kappa shape index (κ2) is 8.61. The fourth-order valence-corrected chi connectivity index (χ4v) is 5.28. The van der Waals surface area contributed by atoms with Crippen LogP contribution in [0.4, 0.5) is 10.2 Å². The second-order valence-electron chi connectivity index (χ2n) is 9.93. The van der Waals surface area contributed by atoms with Crippen molar-refractivity contribution in [3.63, 3.8) is 0 Å². The number of anilines is 1. The lowest BCUT2D eigenvalue weighted by Crippen LogP contribution is -2.43. The van der Waals surface area contributed by atoms with E-state index in [0.717, 1.165) is 18.4 Å². The third-order valence-electron chi connectivity index (χ3n) is 7.15. The molecule has 2 atom stereocenters. The summed E-state index contributed by atoms with van der Waals surface area (Å²) in [6.45, 7) is 3.52. The maximum absolute atomic E-state index is 15.1. The number of nitrogens with zero attached hydrogens (tertiary/aromatic N) is 6. The molecule has 2 aliphatic heterocycles. The van der Waals surface area contributed by atoms with Gasteiger partial charge in [-0.3, -0.25) is 13.9 Å². The van der Waals surface area contributed by atoms with Gasteiger partial charge in [0, 0.05) is 28.9 Å². The van der Waals surface area contributed by atoms with Crippen LogP contribution >= 0.6 is 11.6 Å². The molecular formula is C26H24ClFN6O3. The van der Waals surface area contributed by atoms with Gasteiger partial charge in [-0.25, -0.2) is 14.4 Å². The van der Waals surface area contributed by atoms with E-state index in [1.165, 1.54) is 10.5 Å². The summed E-state index contributed by atoms with van der Waals surface area (Å²) in [5.74, 6) is 0.000102. The molecule has 0 radical (unpaired) electrons. The van der Waals surface area contributed by atoms with E-state index < -0.39 is 5.82 Å². The van der Waals surface area contributed by atoms with Crippen LogP contribution in [-0.4, -0.2) is 43.3 Å². The fourth-order valence-electron chi connectivity index (χ4n) is 5.12. The maximum Gasteiger partial charge on any atom is 0.263 e. The molecule has 4 aromatic rings. The molecule has 7 rings (SSSR count). The average molecular weight is 523 g/mol. The van der Waals surface area contributed by atoms with Crippen LogP contribution in [0.15, 0.2) is 41.6 Å². The molecule has 1 aliphatic carbocycles. The summed E-state index contributed by atoms with van der Waals surface area (Å²) in [5, 5.41) is 4.79. The smallest absolute Gasteiger partial charge is 0.263 e. The number of fused-ring (bicyclic) bond motifs is 2. The largest absolute Gasteiger partial charge is 0.370 e. The van der Waals surface area contributed by atoms with Gasteiger partial charge < -0.3 is 14.4 Å². The lowest BCUT2D eigenvalue weighted by Gasteiger charge is -2.37. The number of halogens is 2. The van der Waals surface area contributed by atoms with E-state index in [-0.39, 0.29) is 52.9 Å². The molecular weight excluding hydrogens is 499 g/mol. The topological polar surface area (TPSA) is 86.8 Å². The number of rotatable bonds is 4. The summed E-state index contributed by atoms with van der Waals surface area (Å²) in [7, 11) is 0. The minimum Gasteiger partial charge on any atom is -0.370 e. The van der Waals surface area contributed by atoms with E-state index >= 15 is 4.39 Å². The Hall–Kier alpha value is -3.34. The number of benzene rings is 1. The Kier molecular flexibility index (Phi) is 5.31. The van der Waals surface area contributed by atoms with E-state index in [2.05, 4.69) is 21.2 Å². The third-order valence-corrected chi connectivity index (χ3v) is 7.38. The summed E-state index contributed by atoms with van der Waals surface area (Å²) in [4.78, 5) is 25.0. The monoisotopic (exact) mass is 522 g/mol. The zero-order chi connectivity index (χ0) is 25.3. The van der Waals surface area contributed by atoms with Gasteiger partial charge in [0.15, 0.2) is 5.65 Å². The number of hydrogen-bond acceptors (Lipinski definition) is 7. The van der Waals surface area contributed by atoms with Crippen molar-refractivity contribution in [3.8, 4) is 11.3 Å². The van der Waals surface area contributed by atoms with Crippen molar-refractivity contribution in [1.82, 2.24) is 24.1 Å². The number of hydrogen-bond donors (Lipinski definition) is 0. The molecule has 37 heavy (non-hydrogen) atoms. The Labute approximate surface area is 216 Å². The van der Waals surface area contributed by atoms with Crippen molar-refractivity contribution < 1.29 is 13.9 Å². The van der Waals surface area contributed by atoms with Crippen molar-refractivity contribution in [1.29, 1.82) is 0 Å². The van der Waals surface area contributed by atoms with Gasteiger partial charge in [-0.05, 0) is 38.0 Å². The molecule has 1 aromatic carbocycles. The minimum absolute atomic E-state index is 0.0977. The van der Waals surface area contributed by atoms with Gasteiger partial charge in [-0.1, -0.05) is 11.6 Å². The molecule has 0 N–H and O–H groups in total. The zero-order valence-electron chi connectivity index (χ0n) is 20.1. The lowest BCUT2D eigenvalue weighted by atomic mass is 10.1. The first-order valence-electron chi connectivity index (χ1n) is 12.4. The molecule has 3 aliphatic rings. The van der Waals surface area contributed by atoms with Crippen molar-refractivity contribution in [2.24, 2.45) is 0 Å². The maximum atomic E-state index is 15.1. The highest BCUT2D eigenvalue weighted by Crippen LogP contribution is 2.36. The summed E-state index contributed by atoms with van der Waals surface area (Å²) in [5.41, 5.74) is 2.61. The van der Waals surface area contributed by atoms with Crippen LogP contribution in [0.25, 0.3) is 16.9 Å². The first kappa shape index (κ1) is 22.8. The summed E-state index contributed by atoms with van der Waals surface area (Å²) in [6.07, 6.45) is 7.59. The zero-order valence-corrected chi connectivity index (χ0v) is 20.9. The van der Waals surface area contributed by atoms with Crippen molar-refractivity contribution in [2.75, 3.05) is 18.0 Å². The van der Waals surface area contributed by atoms with Gasteiger partial charge in [0.2, 0.25) is 0 Å². The molecule has 1 saturated carbocycles. The normalized spacial score (nSPS) is 21.5. The molecule has 0 unspecified atom stereocenters. The molecule has 2 fully saturated rings. The van der Waals surface area contributed by atoms with E-state index in [4.69, 9.17) is 26.1 Å². The fraction of sp³-hybridized carbons (Fsp3) is 0.385. The van der Waals surface area contributed by atoms with Gasteiger partial charge >= 0.3 is 0 Å². The molecule has 190 valence electrons. The van der Waals surface area contributed by atoms with Crippen LogP contribution in [-0.2, 0) is 22.7 Å². The highest BCUT2D eigenvalue weighted by Gasteiger charge is 2.32. The van der Waals surface area contributed by atoms with Crippen LogP contribution in [0.2, 0.25) is 5.02 Å². The Morgan fingerprint density at radius 3 is 2.81 bits per heavy atom. The number of morpholine rings is 1. The molecule has 1 saturated heterocycles. The van der Waals surface area contributed by atoms with E-state index in [1.54, 1.807) is 18.3 Å². The van der Waals surface area contributed by atoms with E-state index in [9.17, 15) is 4.79 Å². The van der Waals surface area contributed by atoms with Crippen LogP contribution in [0.5, 0.6) is 0 Å². The Bertz CT molecular complexity index is 1600. The summed E-state index contributed by atoms with van der Waals surface area (Å²) >= 11 is 6.02. The first-order valence-corrected chi connectivity index (χ1v) is 12.7. The van der Waals surface area contributed by atoms with Gasteiger partial charge in [-0.15, -0.1) is 0 Å². The molecule has 5 heterocycles. The Balaban J connectivity index is 1.35. The standard InChI is InChI=1S/C26H24ClFN6O3/c1-14-8-32(10-22(37-14)15-7-29-34(9-15)17-3-4-17)23-11-33-25(30-21-13-36-12-19(21)26(33)35)24(31-23)18-5-2-16(27)6-20(18)28/h2,5-7,9,11,14,17,22H,3-4,8,10,12-13H2,1H3/t14-,22-/m1/s1. The van der Waals surface area contributed by atoms with Crippen molar-refractivity contribution in [3.05, 3.63) is 74.8 Å². The van der Waals surface area contributed by atoms with Gasteiger partial charge in [0.05, 0.1) is 55.6 Å². The highest BCUT2D eigenvalue weighted by molar-refractivity contribution is 6.30. The SMILES string of the molecule is C[C@@H]1CN(c2cn3c(=O)c4c(nc3c(-c3ccc(Cl)cc3F)n2)COC4)C[C@H](c2cnn(C3CC3)c2)O1. The molecule has 9 nitrogen and oxygen atoms in total. The van der Waals surface area contributed by atoms with Crippen LogP contribution in [0.1, 0.15) is 48.7 Å². The van der Waals surface area contributed by atoms with Crippen molar-refractivity contribution in [2.45, 2.75) is 51.2 Å². The third kappa shape index (κ3) is 4.00. The van der Waals surface area contributed by atoms with E-state index in [0.29, 0.717) is 36.2 Å². The number of ether oxygens (including phenoxy) is 2. The highest BCUT2D eigenvalue weighted by atomic mass is 35.5. The van der Waals surface area contributed by atoms with Crippen LogP contribution in [0.3, 0.4) is 0 Å². The average Bonchev–Trinajstić information content (AvgIpc) is 3.41. The predicted molar refractivity (Wildman–Crippen MR) is 134 cm³/mol. The molecule has 0 spiro atoms. The van der Waals surface area contributed by atoms with E-state index in [1.807, 2.05) is 17.8 Å². The van der Waals surface area contributed by atoms with Gasteiger partial charge in [0.1, 0.15) is 23.4 Å². The molecule has 0 bridgehead atoms.